The van der Waals surface area contributed by atoms with E-state index in [1.54, 1.807) is 30.5 Å². The first-order valence-corrected chi connectivity index (χ1v) is 10.3. The largest absolute Gasteiger partial charge is 0.490 e. The number of nitrogens with one attached hydrogen (secondary N) is 1. The number of H-pyrrole nitrogens is 1. The molecule has 0 spiro atoms. The number of aliphatic carboxylic acids is 1. The summed E-state index contributed by atoms with van der Waals surface area (Å²) < 4.78 is 57.3. The molecule has 11 heteroatoms. The Balaban J connectivity index is 0.000000429. The maximum atomic E-state index is 13.8. The fraction of sp³-hybridized carbons (Fsp3) is 0.208. The number of imidazole rings is 1. The van der Waals surface area contributed by atoms with E-state index in [1.807, 2.05) is 38.1 Å². The molecular formula is C24H21F4N3O4. The number of nitrogens with zero attached hydrogens (tertiary/aromatic N) is 2. The van der Waals surface area contributed by atoms with E-state index in [9.17, 15) is 17.6 Å². The highest BCUT2D eigenvalue weighted by Gasteiger charge is 2.38. The van der Waals surface area contributed by atoms with Gasteiger partial charge in [0.05, 0.1) is 17.2 Å². The maximum absolute atomic E-state index is 13.8. The van der Waals surface area contributed by atoms with Crippen LogP contribution in [-0.2, 0) is 11.4 Å². The number of rotatable bonds is 6. The topological polar surface area (TPSA) is 97.3 Å². The molecule has 2 N–H and O–H groups in total. The number of benzene rings is 2. The zero-order valence-electron chi connectivity index (χ0n) is 18.6. The van der Waals surface area contributed by atoms with Crippen molar-refractivity contribution in [2.45, 2.75) is 32.7 Å². The van der Waals surface area contributed by atoms with Gasteiger partial charge >= 0.3 is 12.1 Å². The molecule has 4 rings (SSSR count). The summed E-state index contributed by atoms with van der Waals surface area (Å²) >= 11 is 0. The number of carboxylic acids is 1. The van der Waals surface area contributed by atoms with Crippen LogP contribution in [-0.4, -0.2) is 38.3 Å². The Morgan fingerprint density at radius 1 is 1.11 bits per heavy atom. The smallest absolute Gasteiger partial charge is 0.490 e. The molecule has 0 unspecified atom stereocenters. The van der Waals surface area contributed by atoms with Crippen LogP contribution in [0.1, 0.15) is 19.4 Å². The fourth-order valence-corrected chi connectivity index (χ4v) is 2.89. The van der Waals surface area contributed by atoms with Crippen molar-refractivity contribution in [3.8, 4) is 22.9 Å². The molecule has 0 saturated heterocycles. The summed E-state index contributed by atoms with van der Waals surface area (Å²) in [4.78, 5) is 21.0. The minimum absolute atomic E-state index is 0.0249. The van der Waals surface area contributed by atoms with Gasteiger partial charge in [-0.25, -0.2) is 19.2 Å². The van der Waals surface area contributed by atoms with Crippen molar-refractivity contribution in [1.82, 2.24) is 15.0 Å². The second-order valence-electron chi connectivity index (χ2n) is 7.47. The van der Waals surface area contributed by atoms with E-state index in [4.69, 9.17) is 19.4 Å². The van der Waals surface area contributed by atoms with Crippen molar-refractivity contribution >= 4 is 17.1 Å². The number of hydrogen-bond donors (Lipinski definition) is 2. The molecule has 35 heavy (non-hydrogen) atoms. The number of carbonyl (C=O) groups is 1. The molecule has 4 aromatic rings. The van der Waals surface area contributed by atoms with Crippen molar-refractivity contribution in [1.29, 1.82) is 0 Å². The number of aromatic nitrogens is 3. The van der Waals surface area contributed by atoms with Gasteiger partial charge in [0.1, 0.15) is 29.7 Å². The zero-order valence-corrected chi connectivity index (χ0v) is 18.6. The lowest BCUT2D eigenvalue weighted by Gasteiger charge is -2.15. The van der Waals surface area contributed by atoms with Crippen molar-refractivity contribution in [3.63, 3.8) is 0 Å². The van der Waals surface area contributed by atoms with E-state index < -0.39 is 12.1 Å². The lowest BCUT2D eigenvalue weighted by molar-refractivity contribution is -0.192. The number of fused-ring (bicyclic) bond motifs is 1. The zero-order chi connectivity index (χ0) is 25.6. The van der Waals surface area contributed by atoms with Crippen LogP contribution in [0.5, 0.6) is 11.5 Å². The highest BCUT2D eigenvalue weighted by atomic mass is 19.4. The maximum Gasteiger partial charge on any atom is 0.490 e. The predicted molar refractivity (Wildman–Crippen MR) is 120 cm³/mol. The van der Waals surface area contributed by atoms with Crippen LogP contribution in [0.2, 0.25) is 0 Å². The lowest BCUT2D eigenvalue weighted by Crippen LogP contribution is -2.21. The summed E-state index contributed by atoms with van der Waals surface area (Å²) in [7, 11) is 0. The number of alkyl halides is 3. The Kier molecular flexibility index (Phi) is 7.90. The molecule has 0 atom stereocenters. The van der Waals surface area contributed by atoms with Crippen molar-refractivity contribution < 1.29 is 36.9 Å². The van der Waals surface area contributed by atoms with Crippen molar-refractivity contribution in [3.05, 3.63) is 72.2 Å². The van der Waals surface area contributed by atoms with Crippen molar-refractivity contribution in [2.75, 3.05) is 0 Å². The van der Waals surface area contributed by atoms with Crippen LogP contribution < -0.4 is 9.47 Å². The molecule has 2 aromatic carbocycles. The van der Waals surface area contributed by atoms with Gasteiger partial charge in [-0.15, -0.1) is 0 Å². The molecule has 0 bridgehead atoms. The van der Waals surface area contributed by atoms with Gasteiger partial charge in [0.25, 0.3) is 0 Å². The highest BCUT2D eigenvalue weighted by molar-refractivity contribution is 5.77. The van der Waals surface area contributed by atoms with Gasteiger partial charge in [-0.05, 0) is 44.2 Å². The Morgan fingerprint density at radius 3 is 2.46 bits per heavy atom. The number of carboxylic acid groups (broad SMARTS) is 1. The number of ether oxygens (including phenoxy) is 2. The number of aromatic amines is 1. The predicted octanol–water partition coefficient (Wildman–Crippen LogP) is 5.76. The van der Waals surface area contributed by atoms with E-state index in [2.05, 4.69) is 15.0 Å². The Morgan fingerprint density at radius 2 is 1.83 bits per heavy atom. The molecule has 0 amide bonds. The Bertz CT molecular complexity index is 1270. The summed E-state index contributed by atoms with van der Waals surface area (Å²) in [5.74, 6) is -1.14. The third-order valence-electron chi connectivity index (χ3n) is 4.42. The van der Waals surface area contributed by atoms with Crippen LogP contribution >= 0.6 is 0 Å². The molecule has 0 aliphatic carbocycles. The normalized spacial score (nSPS) is 11.2. The van der Waals surface area contributed by atoms with Crippen LogP contribution in [0.3, 0.4) is 0 Å². The van der Waals surface area contributed by atoms with Gasteiger partial charge in [0.2, 0.25) is 0 Å². The first kappa shape index (κ1) is 25.5. The van der Waals surface area contributed by atoms with E-state index in [-0.39, 0.29) is 18.5 Å². The molecule has 0 saturated carbocycles. The molecular weight excluding hydrogens is 470 g/mol. The average molecular weight is 491 g/mol. The third kappa shape index (κ3) is 6.92. The van der Waals surface area contributed by atoms with Crippen LogP contribution in [0.15, 0.2) is 60.8 Å². The standard InChI is InChI=1S/C22H20FN3O2.C2HF3O2/c1-14(2)28-20-12-16(27-13-15-6-3-4-7-18(15)23)9-10-17(20)21-25-19-8-5-11-24-22(19)26-21;3-2(4,5)1(6)7/h3-12,14H,13H2,1-2H3,(H,24,25,26);(H,6,7). The third-order valence-corrected chi connectivity index (χ3v) is 4.42. The van der Waals surface area contributed by atoms with Crippen LogP contribution in [0.25, 0.3) is 22.6 Å². The molecule has 184 valence electrons. The minimum Gasteiger partial charge on any atom is -0.490 e. The number of hydrogen-bond acceptors (Lipinski definition) is 5. The molecule has 0 radical (unpaired) electrons. The van der Waals surface area contributed by atoms with Gasteiger partial charge in [-0.2, -0.15) is 13.2 Å². The second kappa shape index (κ2) is 10.9. The minimum atomic E-state index is -5.08. The molecule has 2 aromatic heterocycles. The SMILES string of the molecule is CC(C)Oc1cc(OCc2ccccc2F)ccc1-c1nc2ncccc2[nH]1.O=C(O)C(F)(F)F. The molecule has 7 nitrogen and oxygen atoms in total. The van der Waals surface area contributed by atoms with Gasteiger partial charge in [-0.3, -0.25) is 0 Å². The molecule has 0 aliphatic heterocycles. The Labute approximate surface area is 197 Å². The quantitative estimate of drug-likeness (QED) is 0.333. The van der Waals surface area contributed by atoms with E-state index in [1.165, 1.54) is 6.07 Å². The van der Waals surface area contributed by atoms with Gasteiger partial charge in [-0.1, -0.05) is 18.2 Å². The second-order valence-corrected chi connectivity index (χ2v) is 7.47. The molecule has 0 fully saturated rings. The number of halogens is 4. The lowest BCUT2D eigenvalue weighted by atomic mass is 10.1. The summed E-state index contributed by atoms with van der Waals surface area (Å²) in [5.41, 5.74) is 2.81. The van der Waals surface area contributed by atoms with Crippen LogP contribution in [0.4, 0.5) is 17.6 Å². The van der Waals surface area contributed by atoms with E-state index in [0.29, 0.717) is 28.5 Å². The molecule has 0 aliphatic rings. The van der Waals surface area contributed by atoms with Gasteiger partial charge in [0.15, 0.2) is 5.65 Å². The van der Waals surface area contributed by atoms with E-state index in [0.717, 1.165) is 11.1 Å². The summed E-state index contributed by atoms with van der Waals surface area (Å²) in [5, 5.41) is 7.12. The molecule has 2 heterocycles. The average Bonchev–Trinajstić information content (AvgIpc) is 3.22. The van der Waals surface area contributed by atoms with Crippen LogP contribution in [0, 0.1) is 5.82 Å². The van der Waals surface area contributed by atoms with E-state index >= 15 is 0 Å². The first-order chi connectivity index (χ1) is 16.5. The van der Waals surface area contributed by atoms with Gasteiger partial charge in [0, 0.05) is 17.8 Å². The van der Waals surface area contributed by atoms with Crippen molar-refractivity contribution in [2.24, 2.45) is 0 Å². The van der Waals surface area contributed by atoms with Gasteiger partial charge < -0.3 is 19.6 Å². The summed E-state index contributed by atoms with van der Waals surface area (Å²) in [6.45, 7) is 4.05. The Hall–Kier alpha value is -4.15. The monoisotopic (exact) mass is 491 g/mol. The fourth-order valence-electron chi connectivity index (χ4n) is 2.89. The summed E-state index contributed by atoms with van der Waals surface area (Å²) in [6.07, 6.45) is -3.40. The summed E-state index contributed by atoms with van der Waals surface area (Å²) in [6, 6.07) is 15.9. The highest BCUT2D eigenvalue weighted by Crippen LogP contribution is 2.34. The first-order valence-electron chi connectivity index (χ1n) is 10.3. The number of pyridine rings is 1.